The fraction of sp³-hybridized carbons (Fsp3) is 0.294. The number of hydrogen-bond acceptors (Lipinski definition) is 5. The first-order chi connectivity index (χ1) is 11.9. The number of carbonyl (C=O) groups excluding carboxylic acids is 1. The Kier molecular flexibility index (Phi) is 5.24. The minimum Gasteiger partial charge on any atom is -0.485 e. The summed E-state index contributed by atoms with van der Waals surface area (Å²) in [6.07, 6.45) is 1.70. The first-order valence-electron chi connectivity index (χ1n) is 7.77. The lowest BCUT2D eigenvalue weighted by molar-refractivity contribution is -0.117. The molecule has 8 heteroatoms. The minimum absolute atomic E-state index is 0.126. The van der Waals surface area contributed by atoms with Crippen molar-refractivity contribution in [2.45, 2.75) is 13.0 Å². The van der Waals surface area contributed by atoms with Crippen LogP contribution in [0.15, 0.2) is 48.7 Å². The fourth-order valence-corrected chi connectivity index (χ4v) is 4.13. The molecule has 0 bridgehead atoms. The van der Waals surface area contributed by atoms with Crippen LogP contribution in [0.3, 0.4) is 0 Å². The van der Waals surface area contributed by atoms with Crippen molar-refractivity contribution in [3.63, 3.8) is 0 Å². The van der Waals surface area contributed by atoms with Gasteiger partial charge in [0.15, 0.2) is 11.6 Å². The molecule has 2 heterocycles. The maximum Gasteiger partial charge on any atom is 0.232 e. The first-order valence-corrected chi connectivity index (χ1v) is 10.2. The largest absolute Gasteiger partial charge is 0.485 e. The molecule has 0 spiro atoms. The number of rotatable bonds is 6. The second-order valence-corrected chi connectivity index (χ2v) is 8.70. The number of carbonyl (C=O) groups is 1. The van der Waals surface area contributed by atoms with Crippen molar-refractivity contribution in [2.75, 3.05) is 17.2 Å². The van der Waals surface area contributed by atoms with Crippen LogP contribution in [0.2, 0.25) is 0 Å². The van der Waals surface area contributed by atoms with Crippen molar-refractivity contribution in [1.29, 1.82) is 0 Å². The maximum absolute atomic E-state index is 12.3. The summed E-state index contributed by atoms with van der Waals surface area (Å²) in [4.78, 5) is 18.0. The second kappa shape index (κ2) is 7.41. The van der Waals surface area contributed by atoms with Gasteiger partial charge in [0.2, 0.25) is 15.0 Å². The van der Waals surface area contributed by atoms with Crippen LogP contribution in [0.25, 0.3) is 0 Å². The van der Waals surface area contributed by atoms with Crippen LogP contribution < -0.4 is 9.64 Å². The summed E-state index contributed by atoms with van der Waals surface area (Å²) >= 11 is 0. The van der Waals surface area contributed by atoms with Crippen LogP contribution in [0.5, 0.6) is 5.75 Å². The summed E-state index contributed by atoms with van der Waals surface area (Å²) in [5.41, 5.74) is 0.996. The molecule has 0 saturated carbocycles. The van der Waals surface area contributed by atoms with E-state index in [-0.39, 0.29) is 30.5 Å². The molecule has 1 saturated heterocycles. The molecule has 1 fully saturated rings. The molecule has 0 N–H and O–H groups in total. The Balaban J connectivity index is 1.75. The molecule has 0 radical (unpaired) electrons. The van der Waals surface area contributed by atoms with Crippen molar-refractivity contribution in [3.05, 3.63) is 54.2 Å². The third-order valence-corrected chi connectivity index (χ3v) is 5.13. The van der Waals surface area contributed by atoms with E-state index >= 15 is 0 Å². The summed E-state index contributed by atoms with van der Waals surface area (Å²) in [6.45, 7) is 0.602. The average molecular weight is 381 g/mol. The highest BCUT2D eigenvalue weighted by Gasteiger charge is 2.35. The maximum atomic E-state index is 12.3. The predicted molar refractivity (Wildman–Crippen MR) is 95.1 cm³/mol. The van der Waals surface area contributed by atoms with E-state index in [1.54, 1.807) is 18.3 Å². The van der Waals surface area contributed by atoms with Gasteiger partial charge < -0.3 is 4.74 Å². The Morgan fingerprint density at radius 2 is 1.96 bits per heavy atom. The Bertz CT molecular complexity index is 858. The third-order valence-electron chi connectivity index (χ3n) is 3.88. The Morgan fingerprint density at radius 1 is 1.20 bits per heavy atom. The molecule has 25 heavy (non-hydrogen) atoms. The molecule has 1 aromatic carbocycles. The van der Waals surface area contributed by atoms with E-state index in [1.807, 2.05) is 30.3 Å². The second-order valence-electron chi connectivity index (χ2n) is 5.88. The topological polar surface area (TPSA) is 76.6 Å². The number of anilines is 1. The number of benzene rings is 1. The molecular formula is C17H17ClN2O4S. The monoisotopic (exact) mass is 380 g/mol. The molecule has 2 aromatic rings. The Labute approximate surface area is 150 Å². The first kappa shape index (κ1) is 17.7. The van der Waals surface area contributed by atoms with Gasteiger partial charge in [-0.05, 0) is 17.7 Å². The van der Waals surface area contributed by atoms with Crippen LogP contribution in [-0.2, 0) is 20.5 Å². The lowest BCUT2D eigenvalue weighted by Crippen LogP contribution is -2.26. The zero-order valence-electron chi connectivity index (χ0n) is 13.3. The van der Waals surface area contributed by atoms with Gasteiger partial charge in [0.25, 0.3) is 0 Å². The quantitative estimate of drug-likeness (QED) is 0.720. The van der Waals surface area contributed by atoms with Gasteiger partial charge in [-0.15, -0.1) is 0 Å². The highest BCUT2D eigenvalue weighted by molar-refractivity contribution is 8.13. The molecule has 1 amide bonds. The average Bonchev–Trinajstić information content (AvgIpc) is 2.92. The summed E-state index contributed by atoms with van der Waals surface area (Å²) in [6, 6.07) is 13.1. The predicted octanol–water partition coefficient (Wildman–Crippen LogP) is 2.58. The van der Waals surface area contributed by atoms with Gasteiger partial charge in [-0.1, -0.05) is 30.3 Å². The van der Waals surface area contributed by atoms with Crippen LogP contribution in [0, 0.1) is 5.92 Å². The molecule has 3 rings (SSSR count). The van der Waals surface area contributed by atoms with E-state index in [0.29, 0.717) is 18.2 Å². The van der Waals surface area contributed by atoms with Gasteiger partial charge in [-0.3, -0.25) is 9.69 Å². The Hall–Kier alpha value is -2.12. The number of aromatic nitrogens is 1. The molecule has 1 unspecified atom stereocenters. The number of pyridine rings is 1. The van der Waals surface area contributed by atoms with Crippen LogP contribution in [0.4, 0.5) is 5.82 Å². The summed E-state index contributed by atoms with van der Waals surface area (Å²) in [7, 11) is 1.65. The fourth-order valence-electron chi connectivity index (χ4n) is 2.81. The smallest absolute Gasteiger partial charge is 0.232 e. The highest BCUT2D eigenvalue weighted by Crippen LogP contribution is 2.32. The lowest BCUT2D eigenvalue weighted by Gasteiger charge is -2.19. The summed E-state index contributed by atoms with van der Waals surface area (Å²) in [5, 5.41) is 0. The zero-order chi connectivity index (χ0) is 17.9. The van der Waals surface area contributed by atoms with Crippen molar-refractivity contribution < 1.29 is 17.9 Å². The number of halogens is 1. The number of nitrogens with zero attached hydrogens (tertiary/aromatic N) is 2. The van der Waals surface area contributed by atoms with Gasteiger partial charge >= 0.3 is 0 Å². The van der Waals surface area contributed by atoms with E-state index in [1.165, 1.54) is 4.90 Å². The van der Waals surface area contributed by atoms with Gasteiger partial charge in [0.1, 0.15) is 6.61 Å². The number of hydrogen-bond donors (Lipinski definition) is 0. The molecule has 1 aliphatic heterocycles. The molecule has 0 aliphatic carbocycles. The minimum atomic E-state index is -3.65. The van der Waals surface area contributed by atoms with E-state index in [9.17, 15) is 13.2 Å². The van der Waals surface area contributed by atoms with Crippen LogP contribution in [-0.4, -0.2) is 31.6 Å². The van der Waals surface area contributed by atoms with E-state index in [2.05, 4.69) is 4.98 Å². The molecule has 132 valence electrons. The van der Waals surface area contributed by atoms with Crippen molar-refractivity contribution in [3.8, 4) is 5.75 Å². The molecular weight excluding hydrogens is 364 g/mol. The lowest BCUT2D eigenvalue weighted by atomic mass is 10.1. The number of ether oxygens (including phenoxy) is 1. The van der Waals surface area contributed by atoms with Gasteiger partial charge in [-0.2, -0.15) is 0 Å². The SMILES string of the molecule is O=C1CC(CS(=O)(=O)Cl)CN1c1ncccc1OCc1ccccc1. The van der Waals surface area contributed by atoms with Crippen molar-refractivity contribution >= 4 is 31.5 Å². The van der Waals surface area contributed by atoms with Gasteiger partial charge in [0, 0.05) is 35.8 Å². The number of amides is 1. The zero-order valence-corrected chi connectivity index (χ0v) is 14.9. The van der Waals surface area contributed by atoms with Crippen LogP contribution >= 0.6 is 10.7 Å². The standard InChI is InChI=1S/C17H17ClN2O4S/c18-25(22,23)12-14-9-16(21)20(10-14)17-15(7-4-8-19-17)24-11-13-5-2-1-3-6-13/h1-8,14H,9-12H2. The van der Waals surface area contributed by atoms with Gasteiger partial charge in [-0.25, -0.2) is 13.4 Å². The summed E-state index contributed by atoms with van der Waals surface area (Å²) < 4.78 is 28.3. The molecule has 1 aromatic heterocycles. The molecule has 6 nitrogen and oxygen atoms in total. The normalized spacial score (nSPS) is 17.7. The summed E-state index contributed by atoms with van der Waals surface area (Å²) in [5.74, 6) is 0.114. The Morgan fingerprint density at radius 3 is 2.68 bits per heavy atom. The van der Waals surface area contributed by atoms with Gasteiger partial charge in [0.05, 0.1) is 5.75 Å². The van der Waals surface area contributed by atoms with Crippen molar-refractivity contribution in [2.24, 2.45) is 5.92 Å². The van der Waals surface area contributed by atoms with E-state index < -0.39 is 9.05 Å². The third kappa shape index (κ3) is 4.70. The van der Waals surface area contributed by atoms with E-state index in [0.717, 1.165) is 5.56 Å². The van der Waals surface area contributed by atoms with Crippen LogP contribution in [0.1, 0.15) is 12.0 Å². The van der Waals surface area contributed by atoms with E-state index in [4.69, 9.17) is 15.4 Å². The molecule has 1 atom stereocenters. The molecule has 1 aliphatic rings. The van der Waals surface area contributed by atoms with Crippen molar-refractivity contribution in [1.82, 2.24) is 4.98 Å². The highest BCUT2D eigenvalue weighted by atomic mass is 35.7.